The summed E-state index contributed by atoms with van der Waals surface area (Å²) in [6, 6.07) is 1.93. The number of aliphatic hydroxyl groups excluding tert-OH is 1. The number of rotatable bonds is 8. The Morgan fingerprint density at radius 3 is 2.41 bits per heavy atom. The molecule has 3 aromatic rings. The van der Waals surface area contributed by atoms with Crippen molar-refractivity contribution in [1.82, 2.24) is 9.55 Å². The van der Waals surface area contributed by atoms with Crippen LogP contribution in [-0.4, -0.2) is 58.6 Å². The molecule has 9 nitrogen and oxygen atoms in total. The lowest BCUT2D eigenvalue weighted by Gasteiger charge is -2.30. The van der Waals surface area contributed by atoms with E-state index < -0.39 is 52.6 Å². The van der Waals surface area contributed by atoms with Gasteiger partial charge in [0.2, 0.25) is 5.43 Å². The number of fused-ring (bicyclic) bond motifs is 1. The van der Waals surface area contributed by atoms with Crippen LogP contribution in [0.5, 0.6) is 5.75 Å². The van der Waals surface area contributed by atoms with Gasteiger partial charge in [-0.25, -0.2) is 22.9 Å². The van der Waals surface area contributed by atoms with E-state index in [4.69, 9.17) is 9.47 Å². The van der Waals surface area contributed by atoms with Crippen molar-refractivity contribution in [2.75, 3.05) is 37.8 Å². The summed E-state index contributed by atoms with van der Waals surface area (Å²) in [6.07, 6.45) is 1.20. The predicted octanol–water partition coefficient (Wildman–Crippen LogP) is 3.12. The number of aromatic nitrogens is 2. The molecule has 2 N–H and O–H groups in total. The van der Waals surface area contributed by atoms with E-state index in [1.807, 2.05) is 4.90 Å². The second kappa shape index (κ2) is 10.8. The number of nitrogens with zero attached hydrogens (tertiary/aromatic N) is 3. The van der Waals surface area contributed by atoms with Crippen molar-refractivity contribution in [2.45, 2.75) is 26.5 Å². The molecule has 0 saturated carbocycles. The number of aliphatic hydroxyl groups is 1. The molecule has 1 aliphatic heterocycles. The van der Waals surface area contributed by atoms with E-state index >= 15 is 0 Å². The number of morpholine rings is 1. The smallest absolute Gasteiger partial charge is 0.341 e. The fraction of sp³-hybridized carbons (Fsp3) is 0.400. The number of halogens is 3. The van der Waals surface area contributed by atoms with Crippen molar-refractivity contribution in [3.63, 3.8) is 0 Å². The third-order valence-corrected chi connectivity index (χ3v) is 6.52. The zero-order valence-electron chi connectivity index (χ0n) is 20.2. The summed E-state index contributed by atoms with van der Waals surface area (Å²) in [5, 5.41) is 19.2. The number of hydrogen-bond acceptors (Lipinski definition) is 7. The number of ether oxygens (including phenoxy) is 2. The third-order valence-electron chi connectivity index (χ3n) is 6.52. The van der Waals surface area contributed by atoms with Crippen LogP contribution in [0.25, 0.3) is 11.0 Å². The maximum atomic E-state index is 14.2. The van der Waals surface area contributed by atoms with E-state index in [1.54, 1.807) is 13.8 Å². The van der Waals surface area contributed by atoms with Crippen LogP contribution < -0.4 is 15.1 Å². The molecule has 0 bridgehead atoms. The molecule has 3 heterocycles. The first-order chi connectivity index (χ1) is 17.6. The Bertz CT molecular complexity index is 1370. The minimum absolute atomic E-state index is 0.00780. The first-order valence-corrected chi connectivity index (χ1v) is 11.6. The van der Waals surface area contributed by atoms with Gasteiger partial charge in [0, 0.05) is 44.1 Å². The number of carbonyl (C=O) groups is 1. The first-order valence-electron chi connectivity index (χ1n) is 11.6. The van der Waals surface area contributed by atoms with Crippen LogP contribution in [0, 0.1) is 23.4 Å². The fourth-order valence-electron chi connectivity index (χ4n) is 4.10. The summed E-state index contributed by atoms with van der Waals surface area (Å²) in [7, 11) is 0. The Labute approximate surface area is 209 Å². The van der Waals surface area contributed by atoms with Gasteiger partial charge in [-0.15, -0.1) is 0 Å². The molecule has 0 aliphatic carbocycles. The van der Waals surface area contributed by atoms with Gasteiger partial charge >= 0.3 is 5.97 Å². The highest BCUT2D eigenvalue weighted by atomic mass is 19.1. The zero-order chi connectivity index (χ0) is 26.9. The molecule has 1 fully saturated rings. The van der Waals surface area contributed by atoms with E-state index in [0.29, 0.717) is 38.4 Å². The molecule has 0 spiro atoms. The summed E-state index contributed by atoms with van der Waals surface area (Å²) < 4.78 is 54.5. The Kier molecular flexibility index (Phi) is 7.69. The molecule has 37 heavy (non-hydrogen) atoms. The van der Waals surface area contributed by atoms with Crippen LogP contribution >= 0.6 is 0 Å². The van der Waals surface area contributed by atoms with Crippen LogP contribution in [0.4, 0.5) is 19.0 Å². The predicted molar refractivity (Wildman–Crippen MR) is 128 cm³/mol. The minimum Gasteiger partial charge on any atom is -0.485 e. The quantitative estimate of drug-likeness (QED) is 0.465. The monoisotopic (exact) mass is 521 g/mol. The molecule has 2 atom stereocenters. The van der Waals surface area contributed by atoms with Crippen LogP contribution in [0.1, 0.15) is 35.8 Å². The van der Waals surface area contributed by atoms with Gasteiger partial charge < -0.3 is 29.2 Å². The molecule has 1 aromatic carbocycles. The van der Waals surface area contributed by atoms with Crippen molar-refractivity contribution in [2.24, 2.45) is 5.92 Å². The van der Waals surface area contributed by atoms with Gasteiger partial charge in [0.05, 0.1) is 24.2 Å². The average molecular weight is 521 g/mol. The standard InChI is InChI=1S/C25H26F3N3O6/c1-13(11-32)14(2)31-10-17(25(34)35)22(33)16-9-21(24(29-23(16)31)30-3-5-36-6-4-30)37-12-18-19(27)7-15(26)8-20(18)28/h7-10,13-14,32H,3-6,11-12H2,1-2H3,(H,34,35). The van der Waals surface area contributed by atoms with Crippen molar-refractivity contribution >= 4 is 22.8 Å². The highest BCUT2D eigenvalue weighted by molar-refractivity contribution is 5.92. The number of benzene rings is 1. The number of hydrogen-bond donors (Lipinski definition) is 2. The fourth-order valence-corrected chi connectivity index (χ4v) is 4.10. The van der Waals surface area contributed by atoms with Crippen LogP contribution in [0.2, 0.25) is 0 Å². The van der Waals surface area contributed by atoms with Gasteiger partial charge in [-0.05, 0) is 18.9 Å². The van der Waals surface area contributed by atoms with Gasteiger partial charge in [0.1, 0.15) is 35.3 Å². The second-order valence-electron chi connectivity index (χ2n) is 8.90. The Balaban J connectivity index is 1.91. The summed E-state index contributed by atoms with van der Waals surface area (Å²) in [5.74, 6) is -4.84. The Morgan fingerprint density at radius 1 is 1.16 bits per heavy atom. The highest BCUT2D eigenvalue weighted by Gasteiger charge is 2.26. The first kappa shape index (κ1) is 26.4. The highest BCUT2D eigenvalue weighted by Crippen LogP contribution is 2.33. The lowest BCUT2D eigenvalue weighted by Crippen LogP contribution is -2.37. The molecular weight excluding hydrogens is 495 g/mol. The number of carboxylic acid groups (broad SMARTS) is 1. The summed E-state index contributed by atoms with van der Waals surface area (Å²) in [6.45, 7) is 4.28. The molecule has 1 saturated heterocycles. The van der Waals surface area contributed by atoms with Crippen LogP contribution in [0.3, 0.4) is 0 Å². The Hall–Kier alpha value is -3.64. The van der Waals surface area contributed by atoms with E-state index in [9.17, 15) is 33.0 Å². The molecule has 2 aromatic heterocycles. The van der Waals surface area contributed by atoms with Gasteiger partial charge in [-0.1, -0.05) is 6.92 Å². The summed E-state index contributed by atoms with van der Waals surface area (Å²) in [5.41, 5.74) is -1.67. The van der Waals surface area contributed by atoms with E-state index in [2.05, 4.69) is 4.98 Å². The van der Waals surface area contributed by atoms with Crippen LogP contribution in [0.15, 0.2) is 29.2 Å². The molecular formula is C25H26F3N3O6. The summed E-state index contributed by atoms with van der Waals surface area (Å²) in [4.78, 5) is 31.4. The Morgan fingerprint density at radius 2 is 1.81 bits per heavy atom. The van der Waals surface area contributed by atoms with Gasteiger partial charge in [0.25, 0.3) is 0 Å². The summed E-state index contributed by atoms with van der Waals surface area (Å²) >= 11 is 0. The van der Waals surface area contributed by atoms with Crippen molar-refractivity contribution < 1.29 is 37.7 Å². The second-order valence-corrected chi connectivity index (χ2v) is 8.90. The van der Waals surface area contributed by atoms with E-state index in [1.165, 1.54) is 16.8 Å². The molecule has 4 rings (SSSR count). The molecule has 198 valence electrons. The van der Waals surface area contributed by atoms with E-state index in [0.717, 1.165) is 0 Å². The average Bonchev–Trinajstić information content (AvgIpc) is 2.87. The largest absolute Gasteiger partial charge is 0.485 e. The number of pyridine rings is 2. The number of aromatic carboxylic acids is 1. The number of anilines is 1. The zero-order valence-corrected chi connectivity index (χ0v) is 20.2. The van der Waals surface area contributed by atoms with Crippen LogP contribution in [-0.2, 0) is 11.3 Å². The number of carboxylic acids is 1. The SMILES string of the molecule is CC(CO)C(C)n1cc(C(=O)O)c(=O)c2cc(OCc3c(F)cc(F)cc3F)c(N3CCOCC3)nc21. The lowest BCUT2D eigenvalue weighted by molar-refractivity contribution is 0.0694. The topological polar surface area (TPSA) is 114 Å². The van der Waals surface area contributed by atoms with Crippen molar-refractivity contribution in [1.29, 1.82) is 0 Å². The molecule has 0 radical (unpaired) electrons. The lowest BCUT2D eigenvalue weighted by atomic mass is 10.0. The van der Waals surface area contributed by atoms with Gasteiger partial charge in [-0.2, -0.15) is 0 Å². The van der Waals surface area contributed by atoms with Crippen molar-refractivity contribution in [3.05, 3.63) is 63.2 Å². The van der Waals surface area contributed by atoms with E-state index in [-0.39, 0.29) is 35.1 Å². The molecule has 12 heteroatoms. The molecule has 1 aliphatic rings. The normalized spacial score (nSPS) is 15.6. The minimum atomic E-state index is -1.44. The third kappa shape index (κ3) is 5.25. The van der Waals surface area contributed by atoms with Gasteiger partial charge in [0.15, 0.2) is 11.6 Å². The van der Waals surface area contributed by atoms with Crippen molar-refractivity contribution in [3.8, 4) is 5.75 Å². The molecule has 0 amide bonds. The maximum absolute atomic E-state index is 14.2. The molecule has 2 unspecified atom stereocenters. The maximum Gasteiger partial charge on any atom is 0.341 e. The van der Waals surface area contributed by atoms with Gasteiger partial charge in [-0.3, -0.25) is 4.79 Å².